The second-order valence-electron chi connectivity index (χ2n) is 7.84. The van der Waals surface area contributed by atoms with Crippen molar-refractivity contribution in [3.63, 3.8) is 0 Å². The quantitative estimate of drug-likeness (QED) is 0.607. The maximum atomic E-state index is 12.1. The highest BCUT2D eigenvalue weighted by Crippen LogP contribution is 2.82. The van der Waals surface area contributed by atoms with Crippen LogP contribution in [-0.2, 0) is 0 Å². The van der Waals surface area contributed by atoms with Crippen molar-refractivity contribution < 1.29 is 4.79 Å². The average Bonchev–Trinajstić information content (AvgIpc) is 3.28. The first-order valence-corrected chi connectivity index (χ1v) is 9.51. The Labute approximate surface area is 143 Å². The lowest BCUT2D eigenvalue weighted by molar-refractivity contribution is 0.132. The number of alkyl halides is 1. The van der Waals surface area contributed by atoms with E-state index in [1.807, 2.05) is 30.3 Å². The Morgan fingerprint density at radius 2 is 1.83 bits per heavy atom. The van der Waals surface area contributed by atoms with Crippen LogP contribution in [0.5, 0.6) is 0 Å². The van der Waals surface area contributed by atoms with Gasteiger partial charge in [-0.25, -0.2) is 10.2 Å². The van der Waals surface area contributed by atoms with Gasteiger partial charge in [-0.2, -0.15) is 5.10 Å². The van der Waals surface area contributed by atoms with E-state index in [0.717, 1.165) is 41.2 Å². The number of carbonyl (C=O) groups is 1. The summed E-state index contributed by atoms with van der Waals surface area (Å²) in [6, 6.07) is 9.28. The Bertz CT molecular complexity index is 733. The maximum absolute atomic E-state index is 12.1. The summed E-state index contributed by atoms with van der Waals surface area (Å²) >= 11 is 3.98. The first kappa shape index (κ1) is 13.0. The third-order valence-corrected chi connectivity index (χ3v) is 8.58. The molecule has 0 aliphatic heterocycles. The Morgan fingerprint density at radius 1 is 1.04 bits per heavy atom. The summed E-state index contributed by atoms with van der Waals surface area (Å²) < 4.78 is 0. The average molecular weight is 372 g/mol. The minimum absolute atomic E-state index is 0.238. The molecule has 0 saturated heterocycles. The van der Waals surface area contributed by atoms with Crippen molar-refractivity contribution >= 4 is 33.4 Å². The van der Waals surface area contributed by atoms with Gasteiger partial charge in [-0.15, -0.1) is 0 Å². The number of nitrogens with one attached hydrogen (secondary N) is 2. The molecule has 6 aliphatic carbocycles. The molecule has 0 aromatic heterocycles. The summed E-state index contributed by atoms with van der Waals surface area (Å²) in [5.41, 5.74) is 4.86. The molecular weight excluding hydrogens is 354 g/mol. The lowest BCUT2D eigenvalue weighted by Gasteiger charge is -2.32. The van der Waals surface area contributed by atoms with E-state index in [1.54, 1.807) is 0 Å². The lowest BCUT2D eigenvalue weighted by atomic mass is 9.71. The van der Waals surface area contributed by atoms with Gasteiger partial charge in [0.25, 0.3) is 0 Å². The number of anilines is 1. The lowest BCUT2D eigenvalue weighted by Crippen LogP contribution is -2.30. The smallest absolute Gasteiger partial charge is 0.307 e. The van der Waals surface area contributed by atoms with Gasteiger partial charge in [0.2, 0.25) is 0 Å². The van der Waals surface area contributed by atoms with Gasteiger partial charge in [0.1, 0.15) is 0 Å². The Hall–Kier alpha value is -1.36. The number of para-hydroxylation sites is 1. The zero-order chi connectivity index (χ0) is 15.3. The van der Waals surface area contributed by atoms with E-state index in [4.69, 9.17) is 0 Å². The van der Waals surface area contributed by atoms with Crippen molar-refractivity contribution in [1.29, 1.82) is 0 Å². The van der Waals surface area contributed by atoms with Crippen molar-refractivity contribution in [3.8, 4) is 0 Å². The number of halogens is 1. The van der Waals surface area contributed by atoms with Crippen molar-refractivity contribution in [2.45, 2.75) is 11.2 Å². The summed E-state index contributed by atoms with van der Waals surface area (Å²) in [6.07, 6.45) is 1.41. The van der Waals surface area contributed by atoms with Gasteiger partial charge in [0.15, 0.2) is 0 Å². The standard InChI is InChI=1S/C18H18BrN3O/c19-16-12-8-6-9-10(12)15-14(16)11(8)13(9)17(15)21-22-18(23)20-7-4-2-1-3-5-7/h1-5,8-16H,6H2,(H2,20,22,23)/b21-17-/t8-,9+,10-,11+,12-,13-,14-,15+,16+/m0/s1. The summed E-state index contributed by atoms with van der Waals surface area (Å²) in [5, 5.41) is 7.45. The van der Waals surface area contributed by atoms with Gasteiger partial charge in [0.05, 0.1) is 0 Å². The molecule has 6 aliphatic rings. The number of hydrogen-bond acceptors (Lipinski definition) is 2. The van der Waals surface area contributed by atoms with Crippen LogP contribution in [0.1, 0.15) is 6.42 Å². The molecule has 2 N–H and O–H groups in total. The largest absolute Gasteiger partial charge is 0.339 e. The molecule has 118 valence electrons. The minimum Gasteiger partial charge on any atom is -0.307 e. The number of carbonyl (C=O) groups excluding carboxylic acids is 1. The molecule has 23 heavy (non-hydrogen) atoms. The van der Waals surface area contributed by atoms with Crippen LogP contribution in [0.2, 0.25) is 0 Å². The summed E-state index contributed by atoms with van der Waals surface area (Å²) in [6.45, 7) is 0. The highest BCUT2D eigenvalue weighted by atomic mass is 79.9. The Morgan fingerprint density at radius 3 is 2.61 bits per heavy atom. The van der Waals surface area contributed by atoms with Crippen molar-refractivity contribution in [2.24, 2.45) is 52.4 Å². The van der Waals surface area contributed by atoms with Crippen LogP contribution < -0.4 is 10.7 Å². The maximum Gasteiger partial charge on any atom is 0.339 e. The second-order valence-corrected chi connectivity index (χ2v) is 8.89. The van der Waals surface area contributed by atoms with Crippen LogP contribution in [0.3, 0.4) is 0 Å². The van der Waals surface area contributed by atoms with Crippen LogP contribution in [0, 0.1) is 47.3 Å². The zero-order valence-corrected chi connectivity index (χ0v) is 14.1. The predicted octanol–water partition coefficient (Wildman–Crippen LogP) is 3.32. The molecule has 4 nitrogen and oxygen atoms in total. The van der Waals surface area contributed by atoms with E-state index in [0.29, 0.717) is 16.7 Å². The highest BCUT2D eigenvalue weighted by Gasteiger charge is 2.82. The number of benzene rings is 1. The molecule has 6 bridgehead atoms. The third kappa shape index (κ3) is 1.40. The molecule has 6 fully saturated rings. The number of urea groups is 1. The summed E-state index contributed by atoms with van der Waals surface area (Å²) in [7, 11) is 0. The first-order valence-electron chi connectivity index (χ1n) is 8.59. The van der Waals surface area contributed by atoms with E-state index in [2.05, 4.69) is 31.8 Å². The molecule has 5 heteroatoms. The number of nitrogens with zero attached hydrogens (tertiary/aromatic N) is 1. The molecule has 9 atom stereocenters. The van der Waals surface area contributed by atoms with E-state index in [1.165, 1.54) is 12.1 Å². The fraction of sp³-hybridized carbons (Fsp3) is 0.556. The SMILES string of the molecule is O=C(N/N=C1/[C@H]2[C@@H]3C[C@H]4[C@H]2[C@@H]2[C@H](Br)[C@@H]4[C@H]3[C@@H]12)Nc1ccccc1. The van der Waals surface area contributed by atoms with E-state index < -0.39 is 0 Å². The number of hydrazone groups is 1. The third-order valence-electron chi connectivity index (χ3n) is 7.36. The monoisotopic (exact) mass is 371 g/mol. The number of amides is 2. The topological polar surface area (TPSA) is 53.5 Å². The Kier molecular flexibility index (Phi) is 2.36. The molecule has 1 aromatic carbocycles. The van der Waals surface area contributed by atoms with Crippen LogP contribution in [0.15, 0.2) is 35.4 Å². The van der Waals surface area contributed by atoms with Crippen LogP contribution in [0.4, 0.5) is 10.5 Å². The summed E-state index contributed by atoms with van der Waals surface area (Å²) in [5.74, 6) is 6.47. The molecular formula is C18H18BrN3O. The molecule has 0 heterocycles. The molecule has 2 amide bonds. The van der Waals surface area contributed by atoms with Gasteiger partial charge in [0, 0.05) is 28.1 Å². The van der Waals surface area contributed by atoms with E-state index in [9.17, 15) is 4.79 Å². The molecule has 0 unspecified atom stereocenters. The van der Waals surface area contributed by atoms with Gasteiger partial charge in [-0.1, -0.05) is 34.1 Å². The molecule has 0 spiro atoms. The van der Waals surface area contributed by atoms with Crippen molar-refractivity contribution in [1.82, 2.24) is 5.43 Å². The number of rotatable bonds is 2. The first-order chi connectivity index (χ1) is 11.3. The van der Waals surface area contributed by atoms with E-state index >= 15 is 0 Å². The van der Waals surface area contributed by atoms with Gasteiger partial charge >= 0.3 is 6.03 Å². The van der Waals surface area contributed by atoms with Gasteiger partial charge < -0.3 is 5.32 Å². The fourth-order valence-corrected chi connectivity index (χ4v) is 8.60. The van der Waals surface area contributed by atoms with Gasteiger partial charge in [-0.3, -0.25) is 0 Å². The van der Waals surface area contributed by atoms with Gasteiger partial charge in [-0.05, 0) is 54.1 Å². The number of hydrogen-bond donors (Lipinski definition) is 2. The summed E-state index contributed by atoms with van der Waals surface area (Å²) in [4.78, 5) is 12.8. The van der Waals surface area contributed by atoms with E-state index in [-0.39, 0.29) is 6.03 Å². The van der Waals surface area contributed by atoms with Crippen molar-refractivity contribution in [2.75, 3.05) is 5.32 Å². The highest BCUT2D eigenvalue weighted by molar-refractivity contribution is 9.09. The molecule has 0 radical (unpaired) electrons. The van der Waals surface area contributed by atoms with Crippen LogP contribution in [-0.4, -0.2) is 16.6 Å². The van der Waals surface area contributed by atoms with Crippen LogP contribution >= 0.6 is 15.9 Å². The second kappa shape index (κ2) is 4.18. The predicted molar refractivity (Wildman–Crippen MR) is 91.3 cm³/mol. The van der Waals surface area contributed by atoms with Crippen LogP contribution in [0.25, 0.3) is 0 Å². The Balaban J connectivity index is 1.24. The minimum atomic E-state index is -0.238. The fourth-order valence-electron chi connectivity index (χ4n) is 7.17. The zero-order valence-electron chi connectivity index (χ0n) is 12.5. The van der Waals surface area contributed by atoms with Crippen molar-refractivity contribution in [3.05, 3.63) is 30.3 Å². The molecule has 6 saturated carbocycles. The molecule has 1 aromatic rings. The molecule has 7 rings (SSSR count). The normalized spacial score (nSPS) is 51.3.